The quantitative estimate of drug-likeness (QED) is 0.431. The summed E-state index contributed by atoms with van der Waals surface area (Å²) in [5.74, 6) is -0.968. The number of ether oxygens (including phenoxy) is 1. The SMILES string of the molecule is CC[C@H](C(=O)NC1CCCCC1)N(Cc1cccc(OC)c1)C(=O)CN(c1ccc(F)c(Cl)c1)S(C)(=O)=O. The van der Waals surface area contributed by atoms with Gasteiger partial charge >= 0.3 is 0 Å². The van der Waals surface area contributed by atoms with Crippen molar-refractivity contribution in [2.24, 2.45) is 0 Å². The molecule has 2 aromatic rings. The Labute approximate surface area is 229 Å². The Hall–Kier alpha value is -2.85. The van der Waals surface area contributed by atoms with Crippen LogP contribution in [0.5, 0.6) is 5.75 Å². The molecule has 1 aliphatic carbocycles. The van der Waals surface area contributed by atoms with Crippen molar-refractivity contribution in [2.75, 3.05) is 24.2 Å². The molecule has 2 aromatic carbocycles. The molecule has 1 N–H and O–H groups in total. The predicted molar refractivity (Wildman–Crippen MR) is 146 cm³/mol. The number of carbonyl (C=O) groups excluding carboxylic acids is 2. The van der Waals surface area contributed by atoms with Gasteiger partial charge in [-0.25, -0.2) is 12.8 Å². The average Bonchev–Trinajstić information content (AvgIpc) is 2.88. The maximum Gasteiger partial charge on any atom is 0.244 e. The van der Waals surface area contributed by atoms with Gasteiger partial charge in [0, 0.05) is 12.6 Å². The number of nitrogens with zero attached hydrogens (tertiary/aromatic N) is 2. The van der Waals surface area contributed by atoms with E-state index >= 15 is 0 Å². The van der Waals surface area contributed by atoms with E-state index in [2.05, 4.69) is 5.32 Å². The van der Waals surface area contributed by atoms with E-state index in [1.807, 2.05) is 13.0 Å². The van der Waals surface area contributed by atoms with Crippen LogP contribution in [0, 0.1) is 5.82 Å². The van der Waals surface area contributed by atoms with E-state index in [0.29, 0.717) is 12.2 Å². The van der Waals surface area contributed by atoms with Crippen molar-refractivity contribution in [3.8, 4) is 5.75 Å². The summed E-state index contributed by atoms with van der Waals surface area (Å²) in [5.41, 5.74) is 0.769. The van der Waals surface area contributed by atoms with Crippen molar-refractivity contribution in [2.45, 2.75) is 64.1 Å². The van der Waals surface area contributed by atoms with Crippen molar-refractivity contribution < 1.29 is 27.1 Å². The highest BCUT2D eigenvalue weighted by Gasteiger charge is 2.33. The van der Waals surface area contributed by atoms with Crippen molar-refractivity contribution in [1.82, 2.24) is 10.2 Å². The molecule has 1 fully saturated rings. The van der Waals surface area contributed by atoms with Gasteiger partial charge in [0.25, 0.3) is 0 Å². The highest BCUT2D eigenvalue weighted by atomic mass is 35.5. The standard InChI is InChI=1S/C27H35ClFN3O5S/c1-4-25(27(34)30-20-10-6-5-7-11-20)31(17-19-9-8-12-22(15-19)37-2)26(33)18-32(38(3,35)36)21-13-14-24(29)23(28)16-21/h8-9,12-16,20,25H,4-7,10-11,17-18H2,1-3H3,(H,30,34)/t25-/m1/s1. The first-order valence-electron chi connectivity index (χ1n) is 12.7. The molecule has 208 valence electrons. The van der Waals surface area contributed by atoms with Gasteiger partial charge in [0.2, 0.25) is 21.8 Å². The first-order chi connectivity index (χ1) is 18.0. The van der Waals surface area contributed by atoms with E-state index in [4.69, 9.17) is 16.3 Å². The third kappa shape index (κ3) is 7.83. The summed E-state index contributed by atoms with van der Waals surface area (Å²) in [6.45, 7) is 1.29. The molecule has 1 saturated carbocycles. The Kier molecular flexibility index (Phi) is 10.4. The first-order valence-corrected chi connectivity index (χ1v) is 14.9. The third-order valence-corrected chi connectivity index (χ3v) is 8.13. The van der Waals surface area contributed by atoms with Crippen LogP contribution in [0.4, 0.5) is 10.1 Å². The molecule has 0 saturated heterocycles. The van der Waals surface area contributed by atoms with Crippen LogP contribution in [0.2, 0.25) is 5.02 Å². The molecule has 1 aliphatic rings. The van der Waals surface area contributed by atoms with Crippen LogP contribution in [0.1, 0.15) is 51.0 Å². The number of hydrogen-bond donors (Lipinski definition) is 1. The topological polar surface area (TPSA) is 96.0 Å². The number of sulfonamides is 1. The van der Waals surface area contributed by atoms with Crippen molar-refractivity contribution in [3.05, 3.63) is 58.9 Å². The third-order valence-electron chi connectivity index (χ3n) is 6.69. The normalized spacial score (nSPS) is 15.0. The maximum absolute atomic E-state index is 13.8. The summed E-state index contributed by atoms with van der Waals surface area (Å²) in [6, 6.07) is 9.79. The predicted octanol–water partition coefficient (Wildman–Crippen LogP) is 4.51. The molecule has 0 aliphatic heterocycles. The van der Waals surface area contributed by atoms with Crippen LogP contribution < -0.4 is 14.4 Å². The second kappa shape index (κ2) is 13.3. The fourth-order valence-electron chi connectivity index (χ4n) is 4.69. The van der Waals surface area contributed by atoms with Crippen molar-refractivity contribution in [3.63, 3.8) is 0 Å². The Morgan fingerprint density at radius 1 is 1.16 bits per heavy atom. The van der Waals surface area contributed by atoms with E-state index in [0.717, 1.165) is 60.4 Å². The number of amides is 2. The summed E-state index contributed by atoms with van der Waals surface area (Å²) in [5, 5.41) is 2.83. The molecule has 38 heavy (non-hydrogen) atoms. The lowest BCUT2D eigenvalue weighted by molar-refractivity contribution is -0.140. The lowest BCUT2D eigenvalue weighted by atomic mass is 9.95. The van der Waals surface area contributed by atoms with Crippen LogP contribution in [-0.4, -0.2) is 57.1 Å². The van der Waals surface area contributed by atoms with Crippen LogP contribution in [-0.2, 0) is 26.2 Å². The van der Waals surface area contributed by atoms with Gasteiger partial charge in [-0.15, -0.1) is 0 Å². The van der Waals surface area contributed by atoms with Gasteiger partial charge < -0.3 is 15.0 Å². The largest absolute Gasteiger partial charge is 0.497 e. The maximum atomic E-state index is 13.8. The highest BCUT2D eigenvalue weighted by molar-refractivity contribution is 7.92. The summed E-state index contributed by atoms with van der Waals surface area (Å²) in [4.78, 5) is 28.6. The molecule has 0 radical (unpaired) electrons. The molecule has 0 bridgehead atoms. The molecule has 1 atom stereocenters. The fraction of sp³-hybridized carbons (Fsp3) is 0.481. The minimum absolute atomic E-state index is 0.0490. The minimum atomic E-state index is -3.95. The zero-order chi connectivity index (χ0) is 27.9. The number of rotatable bonds is 11. The Morgan fingerprint density at radius 2 is 1.87 bits per heavy atom. The molecule has 2 amide bonds. The van der Waals surface area contributed by atoms with E-state index in [9.17, 15) is 22.4 Å². The van der Waals surface area contributed by atoms with Gasteiger partial charge in [0.1, 0.15) is 24.2 Å². The number of methoxy groups -OCH3 is 1. The van der Waals surface area contributed by atoms with E-state index in [1.165, 1.54) is 18.1 Å². The molecular formula is C27H35ClFN3O5S. The molecule has 11 heteroatoms. The monoisotopic (exact) mass is 567 g/mol. The zero-order valence-corrected chi connectivity index (χ0v) is 23.5. The minimum Gasteiger partial charge on any atom is -0.497 e. The Bertz CT molecular complexity index is 1240. The van der Waals surface area contributed by atoms with E-state index in [-0.39, 0.29) is 29.2 Å². The first kappa shape index (κ1) is 29.7. The van der Waals surface area contributed by atoms with Gasteiger partial charge in [0.15, 0.2) is 0 Å². The average molecular weight is 568 g/mol. The molecule has 3 rings (SSSR count). The number of hydrogen-bond acceptors (Lipinski definition) is 5. The summed E-state index contributed by atoms with van der Waals surface area (Å²) >= 11 is 5.89. The molecular weight excluding hydrogens is 533 g/mol. The van der Waals surface area contributed by atoms with Gasteiger partial charge in [-0.1, -0.05) is 49.9 Å². The number of nitrogens with one attached hydrogen (secondary N) is 1. The van der Waals surface area contributed by atoms with Gasteiger partial charge in [-0.3, -0.25) is 13.9 Å². The summed E-state index contributed by atoms with van der Waals surface area (Å²) in [6.07, 6.45) is 6.28. The van der Waals surface area contributed by atoms with E-state index in [1.54, 1.807) is 18.2 Å². The smallest absolute Gasteiger partial charge is 0.244 e. The number of carbonyl (C=O) groups is 2. The number of halogens is 2. The van der Waals surface area contributed by atoms with Gasteiger partial charge in [-0.2, -0.15) is 0 Å². The molecule has 0 unspecified atom stereocenters. The van der Waals surface area contributed by atoms with Crippen molar-refractivity contribution >= 4 is 39.1 Å². The van der Waals surface area contributed by atoms with E-state index < -0.39 is 34.3 Å². The highest BCUT2D eigenvalue weighted by Crippen LogP contribution is 2.26. The lowest BCUT2D eigenvalue weighted by Gasteiger charge is -2.34. The second-order valence-corrected chi connectivity index (χ2v) is 11.8. The molecule has 0 heterocycles. The molecule has 0 spiro atoms. The molecule has 0 aromatic heterocycles. The Morgan fingerprint density at radius 3 is 2.47 bits per heavy atom. The van der Waals surface area contributed by atoms with Crippen LogP contribution in [0.25, 0.3) is 0 Å². The van der Waals surface area contributed by atoms with Crippen LogP contribution >= 0.6 is 11.6 Å². The lowest BCUT2D eigenvalue weighted by Crippen LogP contribution is -2.53. The summed E-state index contributed by atoms with van der Waals surface area (Å²) in [7, 11) is -2.42. The van der Waals surface area contributed by atoms with Crippen molar-refractivity contribution in [1.29, 1.82) is 0 Å². The fourth-order valence-corrected chi connectivity index (χ4v) is 5.70. The second-order valence-electron chi connectivity index (χ2n) is 9.51. The van der Waals surface area contributed by atoms with Gasteiger partial charge in [-0.05, 0) is 55.2 Å². The van der Waals surface area contributed by atoms with Crippen LogP contribution in [0.3, 0.4) is 0 Å². The van der Waals surface area contributed by atoms with Gasteiger partial charge in [0.05, 0.1) is 24.1 Å². The Balaban J connectivity index is 1.94. The molecule has 8 nitrogen and oxygen atoms in total. The number of benzene rings is 2. The zero-order valence-electron chi connectivity index (χ0n) is 22.0. The number of anilines is 1. The summed E-state index contributed by atoms with van der Waals surface area (Å²) < 4.78 is 45.3. The van der Waals surface area contributed by atoms with Crippen LogP contribution in [0.15, 0.2) is 42.5 Å².